The van der Waals surface area contributed by atoms with E-state index >= 15 is 0 Å². The topological polar surface area (TPSA) is 70.1 Å². The van der Waals surface area contributed by atoms with Crippen LogP contribution in [-0.4, -0.2) is 15.7 Å². The summed E-state index contributed by atoms with van der Waals surface area (Å²) in [6, 6.07) is 8.75. The fraction of sp³-hybridized carbons (Fsp3) is 0.154. The number of nitrogens with one attached hydrogen (secondary N) is 2. The summed E-state index contributed by atoms with van der Waals surface area (Å²) in [4.78, 5) is 17.9. The summed E-state index contributed by atoms with van der Waals surface area (Å²) in [6.07, 6.45) is 0. The van der Waals surface area contributed by atoms with Crippen LogP contribution in [0.4, 0.5) is 5.95 Å². The number of hydrogen-bond donors (Lipinski definition) is 2. The van der Waals surface area contributed by atoms with E-state index in [4.69, 9.17) is 11.6 Å². The van der Waals surface area contributed by atoms with Crippen molar-refractivity contribution in [1.82, 2.24) is 9.97 Å². The van der Waals surface area contributed by atoms with Crippen molar-refractivity contribution in [2.75, 3.05) is 5.43 Å². The van der Waals surface area contributed by atoms with E-state index in [1.165, 1.54) is 6.07 Å². The minimum atomic E-state index is -0.214. The van der Waals surface area contributed by atoms with Gasteiger partial charge in [-0.2, -0.15) is 5.10 Å². The van der Waals surface area contributed by atoms with Crippen LogP contribution in [0.3, 0.4) is 0 Å². The number of aromatic nitrogens is 2. The zero-order valence-corrected chi connectivity index (χ0v) is 11.3. The first-order chi connectivity index (χ1) is 9.04. The van der Waals surface area contributed by atoms with Gasteiger partial charge in [0.25, 0.3) is 5.56 Å². The molecule has 0 aliphatic rings. The van der Waals surface area contributed by atoms with Crippen molar-refractivity contribution in [2.45, 2.75) is 13.8 Å². The average molecular weight is 277 g/mol. The van der Waals surface area contributed by atoms with Gasteiger partial charge in [-0.1, -0.05) is 23.7 Å². The van der Waals surface area contributed by atoms with Gasteiger partial charge in [0.05, 0.1) is 5.71 Å². The summed E-state index contributed by atoms with van der Waals surface area (Å²) in [5.74, 6) is 0.318. The quantitative estimate of drug-likeness (QED) is 0.669. The van der Waals surface area contributed by atoms with E-state index in [0.717, 1.165) is 11.3 Å². The zero-order valence-electron chi connectivity index (χ0n) is 10.6. The molecule has 2 N–H and O–H groups in total. The molecule has 0 unspecified atom stereocenters. The van der Waals surface area contributed by atoms with Crippen LogP contribution in [-0.2, 0) is 0 Å². The second-order valence-electron chi connectivity index (χ2n) is 4.05. The lowest BCUT2D eigenvalue weighted by Crippen LogP contribution is -2.11. The van der Waals surface area contributed by atoms with Gasteiger partial charge in [-0.25, -0.2) is 10.4 Å². The van der Waals surface area contributed by atoms with Crippen LogP contribution in [0.25, 0.3) is 0 Å². The van der Waals surface area contributed by atoms with Crippen LogP contribution in [0, 0.1) is 6.92 Å². The molecule has 0 saturated carbocycles. The van der Waals surface area contributed by atoms with Gasteiger partial charge in [0.15, 0.2) is 0 Å². The fourth-order valence-electron chi connectivity index (χ4n) is 1.52. The number of hydrazone groups is 1. The van der Waals surface area contributed by atoms with Crippen LogP contribution in [0.5, 0.6) is 0 Å². The Morgan fingerprint density at radius 3 is 2.68 bits per heavy atom. The Labute approximate surface area is 115 Å². The van der Waals surface area contributed by atoms with Gasteiger partial charge in [-0.05, 0) is 31.5 Å². The van der Waals surface area contributed by atoms with E-state index in [2.05, 4.69) is 20.5 Å². The molecule has 0 fully saturated rings. The summed E-state index contributed by atoms with van der Waals surface area (Å²) in [5.41, 5.74) is 4.85. The van der Waals surface area contributed by atoms with Gasteiger partial charge in [-0.15, -0.1) is 0 Å². The number of benzene rings is 1. The minimum Gasteiger partial charge on any atom is -0.291 e. The van der Waals surface area contributed by atoms with Gasteiger partial charge >= 0.3 is 0 Å². The number of rotatable bonds is 3. The van der Waals surface area contributed by atoms with Crippen LogP contribution < -0.4 is 11.0 Å². The van der Waals surface area contributed by atoms with Gasteiger partial charge < -0.3 is 0 Å². The van der Waals surface area contributed by atoms with E-state index < -0.39 is 0 Å². The third-order valence-corrected chi connectivity index (χ3v) is 2.71. The number of H-pyrrole nitrogens is 1. The molecule has 5 nitrogen and oxygen atoms in total. The van der Waals surface area contributed by atoms with Crippen molar-refractivity contribution < 1.29 is 0 Å². The number of aromatic amines is 1. The smallest absolute Gasteiger partial charge is 0.252 e. The Morgan fingerprint density at radius 2 is 2.05 bits per heavy atom. The first kappa shape index (κ1) is 13.3. The van der Waals surface area contributed by atoms with E-state index in [1.807, 2.05) is 19.1 Å². The average Bonchev–Trinajstić information content (AvgIpc) is 2.36. The first-order valence-electron chi connectivity index (χ1n) is 5.69. The number of anilines is 1. The van der Waals surface area contributed by atoms with Crippen LogP contribution >= 0.6 is 11.6 Å². The fourth-order valence-corrected chi connectivity index (χ4v) is 1.65. The molecule has 1 heterocycles. The number of hydrogen-bond acceptors (Lipinski definition) is 4. The lowest BCUT2D eigenvalue weighted by atomic mass is 10.1. The molecule has 0 aliphatic heterocycles. The highest BCUT2D eigenvalue weighted by molar-refractivity contribution is 6.30. The Morgan fingerprint density at radius 1 is 1.37 bits per heavy atom. The third kappa shape index (κ3) is 3.66. The molecule has 2 aromatic rings. The molecule has 0 aliphatic carbocycles. The predicted octanol–water partition coefficient (Wildman–Crippen LogP) is 2.57. The third-order valence-electron chi connectivity index (χ3n) is 2.46. The molecule has 2 rings (SSSR count). The standard InChI is InChI=1S/C13H13ClN4O/c1-8-7-12(19)16-13(15-8)18-17-9(2)10-3-5-11(14)6-4-10/h3-7H,1-2H3,(H2,15,16,18,19)/b17-9+. The number of halogens is 1. The Kier molecular flexibility index (Phi) is 3.97. The summed E-state index contributed by atoms with van der Waals surface area (Å²) in [5, 5.41) is 4.84. The molecular weight excluding hydrogens is 264 g/mol. The SMILES string of the molecule is C/C(=N\Nc1nc(C)cc(=O)[nH]1)c1ccc(Cl)cc1. The maximum atomic E-state index is 11.3. The minimum absolute atomic E-state index is 0.214. The molecule has 0 atom stereocenters. The molecule has 0 bridgehead atoms. The van der Waals surface area contributed by atoms with Crippen molar-refractivity contribution in [3.05, 3.63) is 57.0 Å². The van der Waals surface area contributed by atoms with Gasteiger partial charge in [-0.3, -0.25) is 9.78 Å². The second kappa shape index (κ2) is 5.67. The van der Waals surface area contributed by atoms with E-state index in [9.17, 15) is 4.79 Å². The van der Waals surface area contributed by atoms with Crippen LogP contribution in [0.1, 0.15) is 18.2 Å². The maximum absolute atomic E-state index is 11.3. The van der Waals surface area contributed by atoms with E-state index in [-0.39, 0.29) is 5.56 Å². The maximum Gasteiger partial charge on any atom is 0.252 e. The van der Waals surface area contributed by atoms with Gasteiger partial charge in [0, 0.05) is 16.8 Å². The highest BCUT2D eigenvalue weighted by Crippen LogP contribution is 2.10. The predicted molar refractivity (Wildman–Crippen MR) is 76.9 cm³/mol. The number of aryl methyl sites for hydroxylation is 1. The van der Waals surface area contributed by atoms with Crippen molar-refractivity contribution in [2.24, 2.45) is 5.10 Å². The summed E-state index contributed by atoms with van der Waals surface area (Å²) in [6.45, 7) is 3.60. The van der Waals surface area contributed by atoms with E-state index in [1.54, 1.807) is 19.1 Å². The van der Waals surface area contributed by atoms with Crippen molar-refractivity contribution in [3.8, 4) is 0 Å². The van der Waals surface area contributed by atoms with E-state index in [0.29, 0.717) is 16.7 Å². The molecule has 1 aromatic heterocycles. The zero-order chi connectivity index (χ0) is 13.8. The first-order valence-corrected chi connectivity index (χ1v) is 6.06. The summed E-state index contributed by atoms with van der Waals surface area (Å²) < 4.78 is 0. The lowest BCUT2D eigenvalue weighted by Gasteiger charge is -2.03. The molecule has 0 amide bonds. The molecule has 0 spiro atoms. The normalized spacial score (nSPS) is 11.4. The Bertz CT molecular complexity index is 661. The van der Waals surface area contributed by atoms with Crippen LogP contribution in [0.15, 0.2) is 40.2 Å². The Balaban J connectivity index is 2.17. The molecule has 0 saturated heterocycles. The van der Waals surface area contributed by atoms with Crippen molar-refractivity contribution in [3.63, 3.8) is 0 Å². The highest BCUT2D eigenvalue weighted by Gasteiger charge is 1.99. The lowest BCUT2D eigenvalue weighted by molar-refractivity contribution is 1.04. The van der Waals surface area contributed by atoms with Gasteiger partial charge in [0.1, 0.15) is 0 Å². The number of nitrogens with zero attached hydrogens (tertiary/aromatic N) is 2. The molecule has 0 radical (unpaired) electrons. The van der Waals surface area contributed by atoms with Crippen molar-refractivity contribution >= 4 is 23.3 Å². The van der Waals surface area contributed by atoms with Crippen LogP contribution in [0.2, 0.25) is 5.02 Å². The monoisotopic (exact) mass is 276 g/mol. The molecule has 6 heteroatoms. The Hall–Kier alpha value is -2.14. The summed E-state index contributed by atoms with van der Waals surface area (Å²) >= 11 is 5.82. The largest absolute Gasteiger partial charge is 0.291 e. The van der Waals surface area contributed by atoms with Gasteiger partial charge in [0.2, 0.25) is 5.95 Å². The van der Waals surface area contributed by atoms with Crippen molar-refractivity contribution in [1.29, 1.82) is 0 Å². The summed E-state index contributed by atoms with van der Waals surface area (Å²) in [7, 11) is 0. The second-order valence-corrected chi connectivity index (χ2v) is 4.49. The highest BCUT2D eigenvalue weighted by atomic mass is 35.5. The molecule has 19 heavy (non-hydrogen) atoms. The molecular formula is C13H13ClN4O. The molecule has 98 valence electrons. The molecule has 1 aromatic carbocycles.